The standard InChI is InChI=1S/C19H17NOS/c1-21-17-8-6-14(7-9-17)18-10-11-19(22-18)20-12-15-4-2-3-5-16(15)13-20/h2-11H,12-13H2,1H3. The van der Waals surface area contributed by atoms with Crippen LogP contribution in [0.5, 0.6) is 5.75 Å². The van der Waals surface area contributed by atoms with Crippen molar-refractivity contribution in [2.45, 2.75) is 13.1 Å². The van der Waals surface area contributed by atoms with Crippen LogP contribution in [0, 0.1) is 0 Å². The van der Waals surface area contributed by atoms with Crippen molar-refractivity contribution < 1.29 is 4.74 Å². The molecular formula is C19H17NOS. The highest BCUT2D eigenvalue weighted by Crippen LogP contribution is 2.37. The summed E-state index contributed by atoms with van der Waals surface area (Å²) in [6, 6.07) is 21.4. The van der Waals surface area contributed by atoms with E-state index in [1.165, 1.54) is 26.6 Å². The highest BCUT2D eigenvalue weighted by molar-refractivity contribution is 7.19. The fourth-order valence-corrected chi connectivity index (χ4v) is 3.91. The molecule has 0 atom stereocenters. The largest absolute Gasteiger partial charge is 0.497 e. The first kappa shape index (κ1) is 13.4. The van der Waals surface area contributed by atoms with Crippen LogP contribution in [0.3, 0.4) is 0 Å². The van der Waals surface area contributed by atoms with E-state index in [-0.39, 0.29) is 0 Å². The quantitative estimate of drug-likeness (QED) is 0.679. The predicted octanol–water partition coefficient (Wildman–Crippen LogP) is 4.94. The fraction of sp³-hybridized carbons (Fsp3) is 0.158. The Hall–Kier alpha value is -2.26. The van der Waals surface area contributed by atoms with Crippen LogP contribution in [-0.4, -0.2) is 7.11 Å². The Balaban J connectivity index is 1.57. The maximum atomic E-state index is 5.22. The van der Waals surface area contributed by atoms with E-state index in [4.69, 9.17) is 4.74 Å². The van der Waals surface area contributed by atoms with Gasteiger partial charge in [-0.1, -0.05) is 24.3 Å². The second-order valence-corrected chi connectivity index (χ2v) is 6.55. The lowest BCUT2D eigenvalue weighted by atomic mass is 10.1. The molecule has 2 nitrogen and oxygen atoms in total. The number of ether oxygens (including phenoxy) is 1. The van der Waals surface area contributed by atoms with Crippen LogP contribution < -0.4 is 9.64 Å². The van der Waals surface area contributed by atoms with Gasteiger partial charge in [0.05, 0.1) is 12.1 Å². The maximum Gasteiger partial charge on any atom is 0.118 e. The first-order valence-electron chi connectivity index (χ1n) is 7.39. The van der Waals surface area contributed by atoms with Crippen molar-refractivity contribution in [1.82, 2.24) is 0 Å². The van der Waals surface area contributed by atoms with Gasteiger partial charge in [0.15, 0.2) is 0 Å². The van der Waals surface area contributed by atoms with Crippen molar-refractivity contribution in [3.63, 3.8) is 0 Å². The van der Waals surface area contributed by atoms with Crippen molar-refractivity contribution >= 4 is 16.3 Å². The van der Waals surface area contributed by atoms with E-state index in [0.717, 1.165) is 18.8 Å². The van der Waals surface area contributed by atoms with Gasteiger partial charge >= 0.3 is 0 Å². The molecule has 0 spiro atoms. The Morgan fingerprint density at radius 1 is 0.864 bits per heavy atom. The molecule has 2 heterocycles. The van der Waals surface area contributed by atoms with Crippen LogP contribution in [0.25, 0.3) is 10.4 Å². The normalized spacial score (nSPS) is 13.2. The van der Waals surface area contributed by atoms with Crippen molar-refractivity contribution in [3.8, 4) is 16.2 Å². The van der Waals surface area contributed by atoms with E-state index >= 15 is 0 Å². The number of benzene rings is 2. The predicted molar refractivity (Wildman–Crippen MR) is 92.6 cm³/mol. The van der Waals surface area contributed by atoms with Gasteiger partial charge in [-0.3, -0.25) is 0 Å². The number of rotatable bonds is 3. The highest BCUT2D eigenvalue weighted by atomic mass is 32.1. The molecule has 0 amide bonds. The van der Waals surface area contributed by atoms with E-state index in [2.05, 4.69) is 53.4 Å². The molecule has 3 aromatic rings. The van der Waals surface area contributed by atoms with Crippen LogP contribution in [0.1, 0.15) is 11.1 Å². The van der Waals surface area contributed by atoms with E-state index in [9.17, 15) is 0 Å². The molecule has 1 aliphatic rings. The zero-order valence-electron chi connectivity index (χ0n) is 12.5. The third kappa shape index (κ3) is 2.38. The monoisotopic (exact) mass is 307 g/mol. The summed E-state index contributed by atoms with van der Waals surface area (Å²) in [4.78, 5) is 3.75. The fourth-order valence-electron chi connectivity index (χ4n) is 2.90. The molecule has 4 rings (SSSR count). The van der Waals surface area contributed by atoms with Gasteiger partial charge in [-0.2, -0.15) is 0 Å². The van der Waals surface area contributed by atoms with E-state index < -0.39 is 0 Å². The van der Waals surface area contributed by atoms with Gasteiger partial charge in [-0.05, 0) is 53.1 Å². The molecule has 0 fully saturated rings. The van der Waals surface area contributed by atoms with E-state index in [1.54, 1.807) is 7.11 Å². The van der Waals surface area contributed by atoms with Gasteiger partial charge in [0.1, 0.15) is 5.75 Å². The topological polar surface area (TPSA) is 12.5 Å². The molecule has 0 bridgehead atoms. The summed E-state index contributed by atoms with van der Waals surface area (Å²) < 4.78 is 5.22. The number of hydrogen-bond acceptors (Lipinski definition) is 3. The Morgan fingerprint density at radius 3 is 2.18 bits per heavy atom. The van der Waals surface area contributed by atoms with Crippen LogP contribution in [0.2, 0.25) is 0 Å². The molecule has 2 aromatic carbocycles. The molecule has 0 N–H and O–H groups in total. The Labute approximate surface area is 134 Å². The lowest BCUT2D eigenvalue weighted by Gasteiger charge is -2.14. The molecule has 0 unspecified atom stereocenters. The number of methoxy groups -OCH3 is 1. The lowest BCUT2D eigenvalue weighted by molar-refractivity contribution is 0.415. The molecule has 0 saturated heterocycles. The van der Waals surface area contributed by atoms with Crippen molar-refractivity contribution in [3.05, 3.63) is 71.8 Å². The van der Waals surface area contributed by atoms with Gasteiger partial charge in [-0.15, -0.1) is 11.3 Å². The first-order chi connectivity index (χ1) is 10.8. The van der Waals surface area contributed by atoms with Crippen molar-refractivity contribution in [1.29, 1.82) is 0 Å². The van der Waals surface area contributed by atoms with Crippen LogP contribution >= 0.6 is 11.3 Å². The summed E-state index contributed by atoms with van der Waals surface area (Å²) in [6.07, 6.45) is 0. The zero-order valence-corrected chi connectivity index (χ0v) is 13.3. The summed E-state index contributed by atoms with van der Waals surface area (Å²) in [7, 11) is 1.70. The summed E-state index contributed by atoms with van der Waals surface area (Å²) >= 11 is 1.85. The summed E-state index contributed by atoms with van der Waals surface area (Å²) in [6.45, 7) is 2.03. The number of fused-ring (bicyclic) bond motifs is 1. The molecule has 1 aromatic heterocycles. The molecule has 110 valence electrons. The van der Waals surface area contributed by atoms with Gasteiger partial charge in [-0.25, -0.2) is 0 Å². The number of hydrogen-bond donors (Lipinski definition) is 0. The number of anilines is 1. The Morgan fingerprint density at radius 2 is 1.55 bits per heavy atom. The smallest absolute Gasteiger partial charge is 0.118 e. The van der Waals surface area contributed by atoms with Gasteiger partial charge in [0, 0.05) is 18.0 Å². The molecule has 0 aliphatic carbocycles. The second kappa shape index (κ2) is 5.50. The van der Waals surface area contributed by atoms with Gasteiger partial charge in [0.25, 0.3) is 0 Å². The SMILES string of the molecule is COc1ccc(-c2ccc(N3Cc4ccccc4C3)s2)cc1. The highest BCUT2D eigenvalue weighted by Gasteiger charge is 2.19. The average molecular weight is 307 g/mol. The summed E-state index contributed by atoms with van der Waals surface area (Å²) in [5.41, 5.74) is 4.14. The minimum absolute atomic E-state index is 0.899. The van der Waals surface area contributed by atoms with E-state index in [0.29, 0.717) is 0 Å². The number of thiophene rings is 1. The Kier molecular flexibility index (Phi) is 3.35. The minimum Gasteiger partial charge on any atom is -0.497 e. The van der Waals surface area contributed by atoms with Gasteiger partial charge < -0.3 is 9.64 Å². The van der Waals surface area contributed by atoms with Crippen molar-refractivity contribution in [2.24, 2.45) is 0 Å². The minimum atomic E-state index is 0.899. The third-order valence-corrected chi connectivity index (χ3v) is 5.31. The molecule has 3 heteroatoms. The van der Waals surface area contributed by atoms with Crippen LogP contribution in [0.15, 0.2) is 60.7 Å². The lowest BCUT2D eigenvalue weighted by Crippen LogP contribution is -2.12. The van der Waals surface area contributed by atoms with Crippen molar-refractivity contribution in [2.75, 3.05) is 12.0 Å². The first-order valence-corrected chi connectivity index (χ1v) is 8.21. The molecule has 22 heavy (non-hydrogen) atoms. The molecule has 0 radical (unpaired) electrons. The summed E-state index contributed by atoms with van der Waals surface area (Å²) in [5.74, 6) is 0.899. The maximum absolute atomic E-state index is 5.22. The number of nitrogens with zero attached hydrogens (tertiary/aromatic N) is 1. The van der Waals surface area contributed by atoms with Crippen LogP contribution in [0.4, 0.5) is 5.00 Å². The van der Waals surface area contributed by atoms with Crippen LogP contribution in [-0.2, 0) is 13.1 Å². The van der Waals surface area contributed by atoms with E-state index in [1.807, 2.05) is 23.5 Å². The third-order valence-electron chi connectivity index (χ3n) is 4.12. The zero-order chi connectivity index (χ0) is 14.9. The second-order valence-electron chi connectivity index (χ2n) is 5.49. The molecular weight excluding hydrogens is 290 g/mol. The Bertz CT molecular complexity index is 766. The van der Waals surface area contributed by atoms with Gasteiger partial charge in [0.2, 0.25) is 0 Å². The molecule has 0 saturated carbocycles. The molecule has 1 aliphatic heterocycles. The average Bonchev–Trinajstić information content (AvgIpc) is 3.21. The summed E-state index contributed by atoms with van der Waals surface area (Å²) in [5, 5.41) is 1.34.